The second-order valence-electron chi connectivity index (χ2n) is 7.24. The lowest BCUT2D eigenvalue weighted by Gasteiger charge is -2.23. The lowest BCUT2D eigenvalue weighted by Crippen LogP contribution is -2.32. The van der Waals surface area contributed by atoms with Crippen molar-refractivity contribution in [2.24, 2.45) is 13.0 Å². The van der Waals surface area contributed by atoms with Crippen LogP contribution in [0.4, 0.5) is 4.39 Å². The first-order chi connectivity index (χ1) is 13.5. The molecule has 2 atom stereocenters. The molecule has 1 aliphatic rings. The number of benzene rings is 2. The number of carbonyl (C=O) groups is 1. The third kappa shape index (κ3) is 3.94. The van der Waals surface area contributed by atoms with Gasteiger partial charge in [-0.3, -0.25) is 4.79 Å². The molecule has 0 saturated heterocycles. The van der Waals surface area contributed by atoms with Crippen molar-refractivity contribution in [1.82, 2.24) is 14.5 Å². The predicted octanol–water partition coefficient (Wildman–Crippen LogP) is 4.55. The zero-order chi connectivity index (χ0) is 19.7. The minimum Gasteiger partial charge on any atom is -0.337 e. The Kier molecular flexibility index (Phi) is 5.18. The van der Waals surface area contributed by atoms with Crippen LogP contribution in [0.1, 0.15) is 29.3 Å². The number of halogens is 2. The van der Waals surface area contributed by atoms with Crippen molar-refractivity contribution in [2.75, 3.05) is 0 Å². The number of nitrogens with zero attached hydrogens (tertiary/aromatic N) is 3. The van der Waals surface area contributed by atoms with E-state index < -0.39 is 0 Å². The summed E-state index contributed by atoms with van der Waals surface area (Å²) in [7, 11) is 1.90. The molecule has 0 unspecified atom stereocenters. The number of aryl methyl sites for hydroxylation is 1. The highest BCUT2D eigenvalue weighted by atomic mass is 35.5. The first kappa shape index (κ1) is 18.7. The van der Waals surface area contributed by atoms with Gasteiger partial charge >= 0.3 is 0 Å². The van der Waals surface area contributed by atoms with Crippen LogP contribution in [0.25, 0.3) is 0 Å². The molecule has 0 bridgehead atoms. The van der Waals surface area contributed by atoms with E-state index in [0.717, 1.165) is 17.8 Å². The Labute approximate surface area is 168 Å². The second kappa shape index (κ2) is 7.76. The standard InChI is InChI=1S/C22H21ClFN3O/c1-26-10-9-25-21(26)14-27(13-16-7-8-17(24)11-20(16)23)22(28)19-12-18(19)15-5-3-2-4-6-15/h2-11,18-19H,12-14H2,1H3/t18-,19-/m0/s1. The molecular weight excluding hydrogens is 377 g/mol. The monoisotopic (exact) mass is 397 g/mol. The van der Waals surface area contributed by atoms with E-state index in [1.807, 2.05) is 36.0 Å². The molecule has 1 saturated carbocycles. The van der Waals surface area contributed by atoms with Gasteiger partial charge in [0.05, 0.1) is 6.54 Å². The average Bonchev–Trinajstić information content (AvgIpc) is 3.40. The van der Waals surface area contributed by atoms with E-state index in [9.17, 15) is 9.18 Å². The van der Waals surface area contributed by atoms with Crippen molar-refractivity contribution in [2.45, 2.75) is 25.4 Å². The molecule has 144 valence electrons. The smallest absolute Gasteiger partial charge is 0.227 e. The number of imidazole rings is 1. The fourth-order valence-electron chi connectivity index (χ4n) is 3.56. The summed E-state index contributed by atoms with van der Waals surface area (Å²) in [6, 6.07) is 14.4. The van der Waals surface area contributed by atoms with E-state index in [1.54, 1.807) is 17.2 Å². The summed E-state index contributed by atoms with van der Waals surface area (Å²) in [6.07, 6.45) is 4.41. The average molecular weight is 398 g/mol. The lowest BCUT2D eigenvalue weighted by molar-refractivity contribution is -0.134. The van der Waals surface area contributed by atoms with Crippen molar-refractivity contribution in [1.29, 1.82) is 0 Å². The normalized spacial score (nSPS) is 18.1. The summed E-state index contributed by atoms with van der Waals surface area (Å²) in [5.74, 6) is 0.700. The molecule has 0 N–H and O–H groups in total. The van der Waals surface area contributed by atoms with E-state index in [0.29, 0.717) is 18.1 Å². The number of hydrogen-bond donors (Lipinski definition) is 0. The number of hydrogen-bond acceptors (Lipinski definition) is 2. The molecule has 6 heteroatoms. The van der Waals surface area contributed by atoms with Gasteiger partial charge in [-0.2, -0.15) is 0 Å². The summed E-state index contributed by atoms with van der Waals surface area (Å²) in [4.78, 5) is 19.4. The van der Waals surface area contributed by atoms with Gasteiger partial charge in [0, 0.05) is 36.9 Å². The predicted molar refractivity (Wildman–Crippen MR) is 106 cm³/mol. The van der Waals surface area contributed by atoms with E-state index in [4.69, 9.17) is 11.6 Å². The van der Waals surface area contributed by atoms with Gasteiger partial charge in [0.25, 0.3) is 0 Å². The lowest BCUT2D eigenvalue weighted by atomic mass is 10.1. The first-order valence-electron chi connectivity index (χ1n) is 9.27. The van der Waals surface area contributed by atoms with Gasteiger partial charge in [0.15, 0.2) is 0 Å². The molecule has 0 radical (unpaired) electrons. The Hall–Kier alpha value is -2.66. The molecule has 1 aromatic heterocycles. The Morgan fingerprint density at radius 3 is 2.71 bits per heavy atom. The second-order valence-corrected chi connectivity index (χ2v) is 7.65. The maximum absolute atomic E-state index is 13.4. The number of rotatable bonds is 6. The Balaban J connectivity index is 1.56. The van der Waals surface area contributed by atoms with Crippen molar-refractivity contribution >= 4 is 17.5 Å². The minimum atomic E-state index is -0.387. The molecule has 1 aliphatic carbocycles. The molecular formula is C22H21ClFN3O. The molecule has 0 aliphatic heterocycles. The molecule has 3 aromatic rings. The van der Waals surface area contributed by atoms with Crippen LogP contribution < -0.4 is 0 Å². The van der Waals surface area contributed by atoms with Gasteiger partial charge in [0.1, 0.15) is 11.6 Å². The molecule has 4 nitrogen and oxygen atoms in total. The van der Waals surface area contributed by atoms with E-state index in [1.165, 1.54) is 17.7 Å². The largest absolute Gasteiger partial charge is 0.337 e. The molecule has 1 fully saturated rings. The Bertz CT molecular complexity index is 988. The van der Waals surface area contributed by atoms with E-state index >= 15 is 0 Å². The van der Waals surface area contributed by atoms with Gasteiger partial charge in [0.2, 0.25) is 5.91 Å². The van der Waals surface area contributed by atoms with Gasteiger partial charge in [-0.25, -0.2) is 9.37 Å². The van der Waals surface area contributed by atoms with Crippen LogP contribution in [0.15, 0.2) is 60.9 Å². The van der Waals surface area contributed by atoms with Gasteiger partial charge < -0.3 is 9.47 Å². The summed E-state index contributed by atoms with van der Waals surface area (Å²) in [6.45, 7) is 0.705. The highest BCUT2D eigenvalue weighted by molar-refractivity contribution is 6.31. The summed E-state index contributed by atoms with van der Waals surface area (Å²) < 4.78 is 15.3. The van der Waals surface area contributed by atoms with Gasteiger partial charge in [-0.05, 0) is 35.6 Å². The van der Waals surface area contributed by atoms with Crippen molar-refractivity contribution in [3.63, 3.8) is 0 Å². The first-order valence-corrected chi connectivity index (χ1v) is 9.64. The molecule has 2 aromatic carbocycles. The number of amides is 1. The van der Waals surface area contributed by atoms with Gasteiger partial charge in [-0.15, -0.1) is 0 Å². The SMILES string of the molecule is Cn1ccnc1CN(Cc1ccc(F)cc1Cl)C(=O)[C@H]1C[C@H]1c1ccccc1. The van der Waals surface area contributed by atoms with E-state index in [2.05, 4.69) is 17.1 Å². The zero-order valence-corrected chi connectivity index (χ0v) is 16.3. The Morgan fingerprint density at radius 2 is 2.04 bits per heavy atom. The highest BCUT2D eigenvalue weighted by Crippen LogP contribution is 2.48. The maximum Gasteiger partial charge on any atom is 0.227 e. The molecule has 1 amide bonds. The van der Waals surface area contributed by atoms with Crippen LogP contribution in [0.5, 0.6) is 0 Å². The third-order valence-corrected chi connectivity index (χ3v) is 5.63. The van der Waals surface area contributed by atoms with E-state index in [-0.39, 0.29) is 23.6 Å². The third-order valence-electron chi connectivity index (χ3n) is 5.28. The topological polar surface area (TPSA) is 38.1 Å². The van der Waals surface area contributed by atoms with Crippen LogP contribution in [-0.2, 0) is 24.9 Å². The van der Waals surface area contributed by atoms with Crippen LogP contribution in [0.3, 0.4) is 0 Å². The van der Waals surface area contributed by atoms with Crippen molar-refractivity contribution < 1.29 is 9.18 Å². The van der Waals surface area contributed by atoms with Crippen LogP contribution in [0, 0.1) is 11.7 Å². The fraction of sp³-hybridized carbons (Fsp3) is 0.273. The summed E-state index contributed by atoms with van der Waals surface area (Å²) in [5.41, 5.74) is 1.92. The fourth-order valence-corrected chi connectivity index (χ4v) is 3.78. The molecule has 1 heterocycles. The number of carbonyl (C=O) groups excluding carboxylic acids is 1. The highest BCUT2D eigenvalue weighted by Gasteiger charge is 2.45. The maximum atomic E-state index is 13.4. The molecule has 0 spiro atoms. The summed E-state index contributed by atoms with van der Waals surface area (Å²) >= 11 is 6.21. The summed E-state index contributed by atoms with van der Waals surface area (Å²) in [5, 5.41) is 0.327. The van der Waals surface area contributed by atoms with Crippen molar-refractivity contribution in [3.05, 3.63) is 88.7 Å². The van der Waals surface area contributed by atoms with Crippen LogP contribution in [0.2, 0.25) is 5.02 Å². The molecule has 28 heavy (non-hydrogen) atoms. The van der Waals surface area contributed by atoms with Gasteiger partial charge in [-0.1, -0.05) is 48.0 Å². The minimum absolute atomic E-state index is 0.0399. The Morgan fingerprint density at radius 1 is 1.25 bits per heavy atom. The quantitative estimate of drug-likeness (QED) is 0.612. The molecule has 4 rings (SSSR count). The van der Waals surface area contributed by atoms with Crippen LogP contribution in [-0.4, -0.2) is 20.4 Å². The van der Waals surface area contributed by atoms with Crippen LogP contribution >= 0.6 is 11.6 Å². The zero-order valence-electron chi connectivity index (χ0n) is 15.6. The number of aromatic nitrogens is 2. The van der Waals surface area contributed by atoms with Crippen molar-refractivity contribution in [3.8, 4) is 0 Å².